The van der Waals surface area contributed by atoms with Gasteiger partial charge in [-0.2, -0.15) is 0 Å². The summed E-state index contributed by atoms with van der Waals surface area (Å²) < 4.78 is 22.5. The van der Waals surface area contributed by atoms with Crippen LogP contribution < -0.4 is 14.2 Å². The number of carbonyl (C=O) groups excluding carboxylic acids is 3. The van der Waals surface area contributed by atoms with Crippen molar-refractivity contribution in [3.05, 3.63) is 71.3 Å². The Morgan fingerprint density at radius 3 is 2.03 bits per heavy atom. The Hall–Kier alpha value is -3.29. The zero-order valence-electron chi connectivity index (χ0n) is 17.4. The first-order valence-electron chi connectivity index (χ1n) is 9.96. The topological polar surface area (TPSA) is 88.1 Å². The van der Waals surface area contributed by atoms with Crippen LogP contribution in [-0.2, 0) is 24.7 Å². The van der Waals surface area contributed by atoms with Crippen molar-refractivity contribution in [2.45, 2.75) is 29.7 Å². The molecule has 2 unspecified atom stereocenters. The maximum absolute atomic E-state index is 13.2. The third-order valence-electron chi connectivity index (χ3n) is 5.64. The lowest BCUT2D eigenvalue weighted by atomic mass is 9.73. The fourth-order valence-electron chi connectivity index (χ4n) is 4.39. The summed E-state index contributed by atoms with van der Waals surface area (Å²) >= 11 is 13.3. The van der Waals surface area contributed by atoms with Crippen molar-refractivity contribution in [1.29, 1.82) is 0 Å². The van der Waals surface area contributed by atoms with Gasteiger partial charge in [0.15, 0.2) is 10.5 Å². The van der Waals surface area contributed by atoms with E-state index in [4.69, 9.17) is 42.1 Å². The molecule has 9 heteroatoms. The highest BCUT2D eigenvalue weighted by Gasteiger charge is 2.67. The normalized spacial score (nSPS) is 23.5. The molecule has 1 aliphatic carbocycles. The third kappa shape index (κ3) is 3.07. The molecule has 3 aliphatic rings. The highest BCUT2D eigenvalue weighted by atomic mass is 35.5. The van der Waals surface area contributed by atoms with Crippen LogP contribution in [0.4, 0.5) is 0 Å². The van der Waals surface area contributed by atoms with E-state index >= 15 is 0 Å². The third-order valence-corrected chi connectivity index (χ3v) is 6.82. The molecule has 2 atom stereocenters. The number of allylic oxidation sites excluding steroid dienone is 3. The number of benzene rings is 2. The Balaban J connectivity index is 1.77. The molecule has 2 aromatic carbocycles. The predicted molar refractivity (Wildman–Crippen MR) is 118 cm³/mol. The minimum absolute atomic E-state index is 0.241. The molecule has 33 heavy (non-hydrogen) atoms. The van der Waals surface area contributed by atoms with Gasteiger partial charge in [0, 0.05) is 42.7 Å². The van der Waals surface area contributed by atoms with Gasteiger partial charge in [-0.1, -0.05) is 29.8 Å². The van der Waals surface area contributed by atoms with E-state index in [-0.39, 0.29) is 23.0 Å². The molecule has 2 aromatic rings. The monoisotopic (exact) mass is 486 g/mol. The van der Waals surface area contributed by atoms with E-state index in [2.05, 4.69) is 0 Å². The molecule has 2 aliphatic heterocycles. The van der Waals surface area contributed by atoms with Crippen molar-refractivity contribution in [3.63, 3.8) is 0 Å². The standard InChI is InChI=1S/C24H16Cl2O7/c1-12(27)30-14-6-8-16-18(10-14)32-19-11-15(31-13(2)28)7-9-17(19)24(16)20-4-3-5-21(25)23(20,26)22(29)33-24/h3-11,21H,1-2H3. The van der Waals surface area contributed by atoms with Gasteiger partial charge in [-0.25, -0.2) is 4.79 Å². The smallest absolute Gasteiger partial charge is 0.335 e. The molecule has 0 saturated carbocycles. The lowest BCUT2D eigenvalue weighted by molar-refractivity contribution is -0.147. The Labute approximate surface area is 198 Å². The summed E-state index contributed by atoms with van der Waals surface area (Å²) in [4.78, 5) is 34.4. The van der Waals surface area contributed by atoms with Crippen molar-refractivity contribution < 1.29 is 33.3 Å². The zero-order valence-corrected chi connectivity index (χ0v) is 18.9. The minimum Gasteiger partial charge on any atom is -0.456 e. The van der Waals surface area contributed by atoms with E-state index in [1.807, 2.05) is 0 Å². The van der Waals surface area contributed by atoms with E-state index in [9.17, 15) is 14.4 Å². The van der Waals surface area contributed by atoms with Gasteiger partial charge in [0.25, 0.3) is 0 Å². The molecule has 168 valence electrons. The molecule has 1 spiro atoms. The first-order chi connectivity index (χ1) is 15.7. The Morgan fingerprint density at radius 2 is 1.52 bits per heavy atom. The van der Waals surface area contributed by atoms with Gasteiger partial charge in [0.2, 0.25) is 0 Å². The number of fused-ring (bicyclic) bond motifs is 6. The first kappa shape index (κ1) is 21.6. The minimum atomic E-state index is -1.63. The second-order valence-corrected chi connectivity index (χ2v) is 8.82. The summed E-state index contributed by atoms with van der Waals surface area (Å²) in [5, 5.41) is -0.846. The fraction of sp³-hybridized carbons (Fsp3) is 0.208. The van der Waals surface area contributed by atoms with Gasteiger partial charge in [-0.3, -0.25) is 9.59 Å². The Kier molecular flexibility index (Phi) is 4.81. The van der Waals surface area contributed by atoms with E-state index in [0.29, 0.717) is 16.7 Å². The molecule has 2 heterocycles. The molecule has 0 radical (unpaired) electrons. The molecule has 0 aromatic heterocycles. The molecule has 5 rings (SSSR count). The van der Waals surface area contributed by atoms with Gasteiger partial charge < -0.3 is 18.9 Å². The van der Waals surface area contributed by atoms with E-state index in [1.165, 1.54) is 26.0 Å². The van der Waals surface area contributed by atoms with Crippen LogP contribution in [0.25, 0.3) is 0 Å². The molecule has 0 amide bonds. The number of hydrogen-bond donors (Lipinski definition) is 0. The number of esters is 3. The summed E-state index contributed by atoms with van der Waals surface area (Å²) in [6, 6.07) is 9.47. The maximum atomic E-state index is 13.2. The van der Waals surface area contributed by atoms with Crippen LogP contribution in [0.2, 0.25) is 0 Å². The fourth-order valence-corrected chi connectivity index (χ4v) is 4.99. The van der Waals surface area contributed by atoms with Crippen LogP contribution in [0.1, 0.15) is 25.0 Å². The van der Waals surface area contributed by atoms with Crippen LogP contribution in [-0.4, -0.2) is 28.2 Å². The van der Waals surface area contributed by atoms with Crippen molar-refractivity contribution in [2.24, 2.45) is 0 Å². The van der Waals surface area contributed by atoms with Crippen molar-refractivity contribution in [2.75, 3.05) is 0 Å². The number of carbonyl (C=O) groups is 3. The van der Waals surface area contributed by atoms with Gasteiger partial charge in [-0.05, 0) is 24.3 Å². The van der Waals surface area contributed by atoms with Gasteiger partial charge in [0.1, 0.15) is 23.0 Å². The molecular formula is C24H16Cl2O7. The molecule has 1 fully saturated rings. The quantitative estimate of drug-likeness (QED) is 0.350. The summed E-state index contributed by atoms with van der Waals surface area (Å²) in [5.74, 6) is -0.680. The van der Waals surface area contributed by atoms with Crippen LogP contribution in [0.3, 0.4) is 0 Å². The number of hydrogen-bond acceptors (Lipinski definition) is 7. The molecule has 0 bridgehead atoms. The Bertz CT molecular complexity index is 1230. The Morgan fingerprint density at radius 1 is 0.970 bits per heavy atom. The highest BCUT2D eigenvalue weighted by Crippen LogP contribution is 2.62. The molecule has 1 saturated heterocycles. The summed E-state index contributed by atoms with van der Waals surface area (Å²) in [6.07, 6.45) is 5.04. The second-order valence-electron chi connectivity index (χ2n) is 7.75. The summed E-state index contributed by atoms with van der Waals surface area (Å²) in [5.41, 5.74) is -0.0707. The van der Waals surface area contributed by atoms with E-state index < -0.39 is 33.8 Å². The molecule has 7 nitrogen and oxygen atoms in total. The largest absolute Gasteiger partial charge is 0.456 e. The van der Waals surface area contributed by atoms with Gasteiger partial charge in [0.05, 0.1) is 5.38 Å². The average Bonchev–Trinajstić information content (AvgIpc) is 2.96. The van der Waals surface area contributed by atoms with E-state index in [0.717, 1.165) is 0 Å². The van der Waals surface area contributed by atoms with Crippen LogP contribution in [0, 0.1) is 0 Å². The molecule has 0 N–H and O–H groups in total. The van der Waals surface area contributed by atoms with Crippen molar-refractivity contribution >= 4 is 41.1 Å². The average molecular weight is 487 g/mol. The van der Waals surface area contributed by atoms with Gasteiger partial charge in [-0.15, -0.1) is 11.6 Å². The number of ether oxygens (including phenoxy) is 4. The molecular weight excluding hydrogens is 471 g/mol. The van der Waals surface area contributed by atoms with Crippen LogP contribution >= 0.6 is 23.2 Å². The maximum Gasteiger partial charge on any atom is 0.335 e. The summed E-state index contributed by atoms with van der Waals surface area (Å²) in [7, 11) is 0. The predicted octanol–water partition coefficient (Wildman–Crippen LogP) is 4.52. The number of rotatable bonds is 2. The van der Waals surface area contributed by atoms with Crippen LogP contribution in [0.15, 0.2) is 60.2 Å². The zero-order chi connectivity index (χ0) is 23.5. The highest BCUT2D eigenvalue weighted by molar-refractivity contribution is 6.44. The van der Waals surface area contributed by atoms with Crippen LogP contribution in [0.5, 0.6) is 23.0 Å². The number of halogens is 2. The van der Waals surface area contributed by atoms with Gasteiger partial charge >= 0.3 is 17.9 Å². The second kappa shape index (κ2) is 7.37. The SMILES string of the molecule is CC(=O)Oc1ccc2c(c1)Oc1cc(OC(C)=O)ccc1C21OC(=O)C2(Cl)C1=CC=CC2Cl. The lowest BCUT2D eigenvalue weighted by Gasteiger charge is -2.38. The van der Waals surface area contributed by atoms with E-state index in [1.54, 1.807) is 42.5 Å². The lowest BCUT2D eigenvalue weighted by Crippen LogP contribution is -2.42. The van der Waals surface area contributed by atoms with Crippen molar-refractivity contribution in [3.8, 4) is 23.0 Å². The first-order valence-corrected chi connectivity index (χ1v) is 10.8. The van der Waals surface area contributed by atoms with Crippen molar-refractivity contribution in [1.82, 2.24) is 0 Å². The number of alkyl halides is 2. The summed E-state index contributed by atoms with van der Waals surface area (Å²) in [6.45, 7) is 2.56.